The van der Waals surface area contributed by atoms with Crippen LogP contribution in [0.1, 0.15) is 5.56 Å². The summed E-state index contributed by atoms with van der Waals surface area (Å²) in [7, 11) is 0. The lowest BCUT2D eigenvalue weighted by molar-refractivity contribution is 1.43. The van der Waals surface area contributed by atoms with Gasteiger partial charge in [-0.25, -0.2) is 0 Å². The van der Waals surface area contributed by atoms with Crippen LogP contribution >= 0.6 is 38.5 Å². The van der Waals surface area contributed by atoms with Gasteiger partial charge in [0.05, 0.1) is 5.69 Å². The monoisotopic (exact) mass is 402 g/mol. The van der Waals surface area contributed by atoms with Crippen molar-refractivity contribution in [1.29, 1.82) is 0 Å². The van der Waals surface area contributed by atoms with Crippen molar-refractivity contribution in [2.75, 3.05) is 11.1 Å². The molecule has 0 heterocycles. The third-order valence-corrected chi connectivity index (χ3v) is 3.85. The molecule has 0 aliphatic rings. The van der Waals surface area contributed by atoms with Gasteiger partial charge in [-0.1, -0.05) is 0 Å². The average Bonchev–Trinajstić information content (AvgIpc) is 2.29. The minimum Gasteiger partial charge on any atom is -0.398 e. The summed E-state index contributed by atoms with van der Waals surface area (Å²) in [5, 5.41) is 3.36. The molecular formula is C13H12BrIN2. The van der Waals surface area contributed by atoms with Gasteiger partial charge in [0.15, 0.2) is 0 Å². The minimum atomic E-state index is 0.796. The van der Waals surface area contributed by atoms with E-state index in [9.17, 15) is 0 Å². The van der Waals surface area contributed by atoms with Crippen LogP contribution in [0.5, 0.6) is 0 Å². The van der Waals surface area contributed by atoms with Crippen molar-refractivity contribution in [3.63, 3.8) is 0 Å². The van der Waals surface area contributed by atoms with Crippen molar-refractivity contribution < 1.29 is 0 Å². The molecule has 0 saturated carbocycles. The second-order valence-corrected chi connectivity index (χ2v) is 5.92. The van der Waals surface area contributed by atoms with E-state index in [-0.39, 0.29) is 0 Å². The zero-order valence-corrected chi connectivity index (χ0v) is 13.0. The maximum Gasteiger partial charge on any atom is 0.0532 e. The molecule has 4 heteroatoms. The number of anilines is 3. The SMILES string of the molecule is Cc1cc(Nc2ccc(I)cc2)c(Br)cc1N. The first-order valence-electron chi connectivity index (χ1n) is 5.14. The van der Waals surface area contributed by atoms with Gasteiger partial charge in [-0.15, -0.1) is 0 Å². The minimum absolute atomic E-state index is 0.796. The van der Waals surface area contributed by atoms with E-state index in [0.29, 0.717) is 0 Å². The number of halogens is 2. The van der Waals surface area contributed by atoms with Crippen LogP contribution in [-0.4, -0.2) is 0 Å². The number of nitrogens with two attached hydrogens (primary N) is 1. The number of benzene rings is 2. The maximum absolute atomic E-state index is 5.84. The molecule has 0 amide bonds. The van der Waals surface area contributed by atoms with Crippen LogP contribution in [0.4, 0.5) is 17.1 Å². The Morgan fingerprint density at radius 1 is 1.18 bits per heavy atom. The third-order valence-electron chi connectivity index (χ3n) is 2.48. The van der Waals surface area contributed by atoms with Crippen molar-refractivity contribution in [2.45, 2.75) is 6.92 Å². The number of aryl methyl sites for hydroxylation is 1. The highest BCUT2D eigenvalue weighted by Crippen LogP contribution is 2.30. The van der Waals surface area contributed by atoms with E-state index in [1.807, 2.05) is 19.1 Å². The van der Waals surface area contributed by atoms with Gasteiger partial charge in [0.2, 0.25) is 0 Å². The molecule has 0 bridgehead atoms. The molecule has 2 aromatic carbocycles. The van der Waals surface area contributed by atoms with Gasteiger partial charge >= 0.3 is 0 Å². The van der Waals surface area contributed by atoms with E-state index in [1.165, 1.54) is 3.57 Å². The zero-order valence-electron chi connectivity index (χ0n) is 9.30. The first-order valence-corrected chi connectivity index (χ1v) is 7.01. The second kappa shape index (κ2) is 5.27. The second-order valence-electron chi connectivity index (χ2n) is 3.82. The normalized spacial score (nSPS) is 10.3. The quantitative estimate of drug-likeness (QED) is 0.565. The van der Waals surface area contributed by atoms with Crippen molar-refractivity contribution in [2.24, 2.45) is 0 Å². The highest BCUT2D eigenvalue weighted by molar-refractivity contribution is 14.1. The number of hydrogen-bond donors (Lipinski definition) is 2. The van der Waals surface area contributed by atoms with Crippen LogP contribution in [-0.2, 0) is 0 Å². The van der Waals surface area contributed by atoms with Gasteiger partial charge in [0, 0.05) is 19.4 Å². The molecule has 2 nitrogen and oxygen atoms in total. The molecule has 0 aliphatic heterocycles. The zero-order chi connectivity index (χ0) is 12.4. The summed E-state index contributed by atoms with van der Waals surface area (Å²) in [5.74, 6) is 0. The molecule has 0 aliphatic carbocycles. The molecule has 0 saturated heterocycles. The van der Waals surface area contributed by atoms with E-state index in [1.54, 1.807) is 0 Å². The predicted octanol–water partition coefficient (Wildman–Crippen LogP) is 4.69. The van der Waals surface area contributed by atoms with Crippen LogP contribution in [0.15, 0.2) is 40.9 Å². The fourth-order valence-corrected chi connectivity index (χ4v) is 2.30. The Morgan fingerprint density at radius 3 is 2.47 bits per heavy atom. The average molecular weight is 403 g/mol. The Kier molecular flexibility index (Phi) is 3.93. The molecule has 0 aromatic heterocycles. The Labute approximate surface area is 123 Å². The molecule has 0 fully saturated rings. The van der Waals surface area contributed by atoms with Crippen LogP contribution < -0.4 is 11.1 Å². The number of hydrogen-bond acceptors (Lipinski definition) is 2. The van der Waals surface area contributed by atoms with Crippen LogP contribution in [0, 0.1) is 10.5 Å². The molecular weight excluding hydrogens is 391 g/mol. The first kappa shape index (κ1) is 12.7. The smallest absolute Gasteiger partial charge is 0.0532 e. The van der Waals surface area contributed by atoms with E-state index < -0.39 is 0 Å². The summed E-state index contributed by atoms with van der Waals surface area (Å²) >= 11 is 5.80. The molecule has 2 rings (SSSR count). The summed E-state index contributed by atoms with van der Waals surface area (Å²) in [4.78, 5) is 0. The van der Waals surface area contributed by atoms with Gasteiger partial charge in [0.1, 0.15) is 0 Å². The fraction of sp³-hybridized carbons (Fsp3) is 0.0769. The summed E-state index contributed by atoms with van der Waals surface area (Å²) in [6, 6.07) is 12.2. The summed E-state index contributed by atoms with van der Waals surface area (Å²) in [6.45, 7) is 2.00. The lowest BCUT2D eigenvalue weighted by Gasteiger charge is -2.11. The topological polar surface area (TPSA) is 38.0 Å². The molecule has 2 aromatic rings. The van der Waals surface area contributed by atoms with Gasteiger partial charge in [-0.2, -0.15) is 0 Å². The standard InChI is InChI=1S/C13H12BrIN2/c1-8-6-13(11(14)7-12(8)16)17-10-4-2-9(15)3-5-10/h2-7,17H,16H2,1H3. The lowest BCUT2D eigenvalue weighted by atomic mass is 10.2. The molecule has 0 atom stereocenters. The van der Waals surface area contributed by atoms with Gasteiger partial charge in [-0.3, -0.25) is 0 Å². The highest BCUT2D eigenvalue weighted by Gasteiger charge is 2.03. The number of rotatable bonds is 2. The number of nitrogens with one attached hydrogen (secondary N) is 1. The van der Waals surface area contributed by atoms with E-state index in [4.69, 9.17) is 5.73 Å². The van der Waals surface area contributed by atoms with Crippen LogP contribution in [0.2, 0.25) is 0 Å². The van der Waals surface area contributed by atoms with E-state index in [2.05, 4.69) is 68.1 Å². The largest absolute Gasteiger partial charge is 0.398 e. The lowest BCUT2D eigenvalue weighted by Crippen LogP contribution is -1.95. The van der Waals surface area contributed by atoms with E-state index in [0.717, 1.165) is 27.1 Å². The highest BCUT2D eigenvalue weighted by atomic mass is 127. The Hall–Kier alpha value is -0.750. The molecule has 0 radical (unpaired) electrons. The molecule has 0 unspecified atom stereocenters. The van der Waals surface area contributed by atoms with Crippen LogP contribution in [0.3, 0.4) is 0 Å². The summed E-state index contributed by atoms with van der Waals surface area (Å²) < 4.78 is 2.19. The Balaban J connectivity index is 2.30. The Bertz CT molecular complexity index is 538. The van der Waals surface area contributed by atoms with Gasteiger partial charge in [-0.05, 0) is 87.4 Å². The molecule has 17 heavy (non-hydrogen) atoms. The van der Waals surface area contributed by atoms with Crippen molar-refractivity contribution in [1.82, 2.24) is 0 Å². The summed E-state index contributed by atoms with van der Waals surface area (Å²) in [6.07, 6.45) is 0. The molecule has 88 valence electrons. The molecule has 0 spiro atoms. The Morgan fingerprint density at radius 2 is 1.82 bits per heavy atom. The van der Waals surface area contributed by atoms with Crippen LogP contribution in [0.25, 0.3) is 0 Å². The molecule has 3 N–H and O–H groups in total. The van der Waals surface area contributed by atoms with E-state index >= 15 is 0 Å². The predicted molar refractivity (Wildman–Crippen MR) is 85.7 cm³/mol. The third kappa shape index (κ3) is 3.13. The number of nitrogen functional groups attached to an aromatic ring is 1. The first-order chi connectivity index (χ1) is 8.06. The summed E-state index contributed by atoms with van der Waals surface area (Å²) in [5.41, 5.74) is 9.80. The fourth-order valence-electron chi connectivity index (χ4n) is 1.48. The van der Waals surface area contributed by atoms with Gasteiger partial charge < -0.3 is 11.1 Å². The van der Waals surface area contributed by atoms with Crippen molar-refractivity contribution in [3.05, 3.63) is 50.0 Å². The van der Waals surface area contributed by atoms with Crippen molar-refractivity contribution >= 4 is 55.6 Å². The van der Waals surface area contributed by atoms with Gasteiger partial charge in [0.25, 0.3) is 0 Å². The maximum atomic E-state index is 5.84. The van der Waals surface area contributed by atoms with Crippen molar-refractivity contribution in [3.8, 4) is 0 Å².